The van der Waals surface area contributed by atoms with Crippen molar-refractivity contribution in [1.29, 1.82) is 0 Å². The second kappa shape index (κ2) is 32.4. The van der Waals surface area contributed by atoms with Gasteiger partial charge in [0.25, 0.3) is 0 Å². The van der Waals surface area contributed by atoms with Crippen LogP contribution in [0.1, 0.15) is 1.43 Å². The molecule has 0 aliphatic heterocycles. The molecule has 30 valence electrons. The Bertz CT molecular complexity index is 44.2. The van der Waals surface area contributed by atoms with Gasteiger partial charge in [-0.05, 0) is 0 Å². The number of hydrogen-bond acceptors (Lipinski definition) is 3. The summed E-state index contributed by atoms with van der Waals surface area (Å²) in [7, 11) is 0. The normalized spacial score (nSPS) is 2.50. The first-order chi connectivity index (χ1) is 2.41. The average Bonchev–Trinajstić information content (AvgIpc) is 1.46. The molecule has 0 radical (unpaired) electrons. The molecule has 0 N–H and O–H groups in total. The van der Waals surface area contributed by atoms with E-state index in [-0.39, 0.29) is 20.3 Å². The molecule has 0 aromatic carbocycles. The zero-order chi connectivity index (χ0) is 4.71. The Morgan fingerprint density at radius 1 is 1.33 bits per heavy atom. The summed E-state index contributed by atoms with van der Waals surface area (Å²) in [5.41, 5.74) is 0. The van der Waals surface area contributed by atoms with Crippen molar-refractivity contribution in [2.45, 2.75) is 0 Å². The van der Waals surface area contributed by atoms with E-state index in [2.05, 4.69) is 0 Å². The molecular formula is HLiMoO3Ti. The summed E-state index contributed by atoms with van der Waals surface area (Å²) in [6, 6.07) is 0. The summed E-state index contributed by atoms with van der Waals surface area (Å²) in [6.07, 6.45) is 0. The molecule has 0 rings (SSSR count). The van der Waals surface area contributed by atoms with E-state index in [1.165, 1.54) is 0 Å². The number of rotatable bonds is 0. The van der Waals surface area contributed by atoms with E-state index in [1.54, 1.807) is 0 Å². The van der Waals surface area contributed by atoms with Crippen molar-refractivity contribution < 1.29 is 69.3 Å². The third kappa shape index (κ3) is 53.3. The fourth-order valence-electron chi connectivity index (χ4n) is 0. The van der Waals surface area contributed by atoms with E-state index in [0.29, 0.717) is 0 Å². The third-order valence-electron chi connectivity index (χ3n) is 0. The van der Waals surface area contributed by atoms with Crippen LogP contribution in [0, 0.1) is 0 Å². The molecule has 0 saturated carbocycles. The summed E-state index contributed by atoms with van der Waals surface area (Å²) in [5.74, 6) is 0. The summed E-state index contributed by atoms with van der Waals surface area (Å²) in [4.78, 5) is 0. The van der Waals surface area contributed by atoms with Crippen LogP contribution in [0.3, 0.4) is 0 Å². The van der Waals surface area contributed by atoms with Gasteiger partial charge in [-0.1, -0.05) is 0 Å². The zero-order valence-electron chi connectivity index (χ0n) is 4.13. The fourth-order valence-corrected chi connectivity index (χ4v) is 0. The van der Waals surface area contributed by atoms with Gasteiger partial charge in [0.2, 0.25) is 0 Å². The van der Waals surface area contributed by atoms with Gasteiger partial charge in [-0.25, -0.2) is 0 Å². The van der Waals surface area contributed by atoms with Gasteiger partial charge in [-0.15, -0.1) is 0 Å². The summed E-state index contributed by atoms with van der Waals surface area (Å²) in [6.45, 7) is 0. The molecule has 0 amide bonds. The quantitative estimate of drug-likeness (QED) is 0.386. The third-order valence-corrected chi connectivity index (χ3v) is 0. The SMILES string of the molecule is [H-].[Li+].[O]=[Mo]=[O].[O]=[Ti]. The Balaban J connectivity index is -0.0000000105. The fraction of sp³-hybridized carbons (Fsp3) is 0. The second-order valence-electron chi connectivity index (χ2n) is 0.0680. The minimum absolute atomic E-state index is 0. The van der Waals surface area contributed by atoms with Gasteiger partial charge in [-0.3, -0.25) is 0 Å². The molecule has 0 atom stereocenters. The molecule has 0 saturated heterocycles. The monoisotopic (exact) mass is 202 g/mol. The standard InChI is InChI=1S/Li.Mo.3O.Ti.H/q+1;;;;;;-1. The summed E-state index contributed by atoms with van der Waals surface area (Å²) in [5, 5.41) is 0. The van der Waals surface area contributed by atoms with Gasteiger partial charge in [0.1, 0.15) is 0 Å². The van der Waals surface area contributed by atoms with Crippen LogP contribution in [0.25, 0.3) is 0 Å². The van der Waals surface area contributed by atoms with Crippen LogP contribution < -0.4 is 18.9 Å². The molecule has 0 spiro atoms. The molecule has 6 heteroatoms. The Labute approximate surface area is 68.8 Å². The van der Waals surface area contributed by atoms with Crippen molar-refractivity contribution in [3.8, 4) is 0 Å². The molecule has 3 nitrogen and oxygen atoms in total. The van der Waals surface area contributed by atoms with E-state index >= 15 is 0 Å². The van der Waals surface area contributed by atoms with Crippen molar-refractivity contribution in [3.05, 3.63) is 0 Å². The van der Waals surface area contributed by atoms with Crippen molar-refractivity contribution >= 4 is 0 Å². The Kier molecular flexibility index (Phi) is 84.5. The molecule has 0 aliphatic carbocycles. The molecule has 0 aromatic heterocycles. The first-order valence-electron chi connectivity index (χ1n) is 0.537. The molecule has 0 bridgehead atoms. The van der Waals surface area contributed by atoms with E-state index in [0.717, 1.165) is 20.4 Å². The molecular weight excluding hydrogens is 199 g/mol. The first kappa shape index (κ1) is 15.7. The van der Waals surface area contributed by atoms with Gasteiger partial charge in [0, 0.05) is 0 Å². The maximum absolute atomic E-state index is 8.50. The van der Waals surface area contributed by atoms with Gasteiger partial charge in [-0.2, -0.15) is 0 Å². The van der Waals surface area contributed by atoms with Crippen LogP contribution in [0.2, 0.25) is 0 Å². The van der Waals surface area contributed by atoms with Crippen LogP contribution in [0.4, 0.5) is 0 Å². The predicted molar refractivity (Wildman–Crippen MR) is 3.17 cm³/mol. The van der Waals surface area contributed by atoms with Crippen LogP contribution in [0.15, 0.2) is 0 Å². The van der Waals surface area contributed by atoms with E-state index in [4.69, 9.17) is 10.1 Å². The van der Waals surface area contributed by atoms with E-state index < -0.39 is 18.5 Å². The first-order valence-corrected chi connectivity index (χ1v) is 2.81. The van der Waals surface area contributed by atoms with Crippen molar-refractivity contribution in [1.82, 2.24) is 0 Å². The van der Waals surface area contributed by atoms with Gasteiger partial charge in [0.05, 0.1) is 0 Å². The Morgan fingerprint density at radius 3 is 1.33 bits per heavy atom. The van der Waals surface area contributed by atoms with Gasteiger partial charge < -0.3 is 1.43 Å². The molecule has 6 heavy (non-hydrogen) atoms. The van der Waals surface area contributed by atoms with Gasteiger partial charge in [0.15, 0.2) is 0 Å². The molecule has 0 heterocycles. The Hall–Kier alpha value is 1.40. The van der Waals surface area contributed by atoms with E-state index in [1.807, 2.05) is 0 Å². The second-order valence-corrected chi connectivity index (χ2v) is 0.403. The van der Waals surface area contributed by atoms with Crippen molar-refractivity contribution in [2.24, 2.45) is 0 Å². The van der Waals surface area contributed by atoms with E-state index in [9.17, 15) is 0 Å². The van der Waals surface area contributed by atoms with Crippen LogP contribution in [0.5, 0.6) is 0 Å². The molecule has 0 unspecified atom stereocenters. The van der Waals surface area contributed by atoms with Crippen LogP contribution >= 0.6 is 0 Å². The maximum atomic E-state index is 8.50. The molecule has 0 aromatic rings. The van der Waals surface area contributed by atoms with Crippen molar-refractivity contribution in [3.63, 3.8) is 0 Å². The Morgan fingerprint density at radius 2 is 1.33 bits per heavy atom. The summed E-state index contributed by atoms with van der Waals surface area (Å²) < 4.78 is 25.3. The number of hydrogen-bond donors (Lipinski definition) is 0. The molecule has 0 fully saturated rings. The topological polar surface area (TPSA) is 51.2 Å². The summed E-state index contributed by atoms with van der Waals surface area (Å²) >= 11 is -1.28. The molecule has 0 aliphatic rings. The predicted octanol–water partition coefficient (Wildman–Crippen LogP) is -3.24. The minimum atomic E-state index is -2.03. The van der Waals surface area contributed by atoms with Crippen molar-refractivity contribution in [2.75, 3.05) is 0 Å². The average molecular weight is 200 g/mol. The van der Waals surface area contributed by atoms with Gasteiger partial charge >= 0.3 is 67.9 Å². The van der Waals surface area contributed by atoms with Crippen LogP contribution in [-0.2, 0) is 49.0 Å². The zero-order valence-corrected chi connectivity index (χ0v) is 6.70. The van der Waals surface area contributed by atoms with Crippen LogP contribution in [-0.4, -0.2) is 0 Å².